The molecule has 0 atom stereocenters. The number of nitrogens with zero attached hydrogens (tertiary/aromatic N) is 2. The van der Waals surface area contributed by atoms with Crippen molar-refractivity contribution in [3.63, 3.8) is 0 Å². The minimum atomic E-state index is 0.817. The van der Waals surface area contributed by atoms with Gasteiger partial charge >= 0.3 is 0 Å². The van der Waals surface area contributed by atoms with Crippen LogP contribution in [-0.4, -0.2) is 29.1 Å². The number of hydrogen-bond acceptors (Lipinski definition) is 5. The molecule has 0 bridgehead atoms. The SMILES string of the molecule is CNCc1ccc(Sc2nc3ccc(OC)cc3[nH]2)nc1. The number of fused-ring (bicyclic) bond motifs is 1. The highest BCUT2D eigenvalue weighted by Gasteiger charge is 2.06. The van der Waals surface area contributed by atoms with Gasteiger partial charge in [-0.1, -0.05) is 6.07 Å². The van der Waals surface area contributed by atoms with E-state index in [1.807, 2.05) is 37.5 Å². The largest absolute Gasteiger partial charge is 0.497 e. The van der Waals surface area contributed by atoms with Crippen LogP contribution in [0.5, 0.6) is 5.75 Å². The number of benzene rings is 1. The summed E-state index contributed by atoms with van der Waals surface area (Å²) >= 11 is 1.51. The van der Waals surface area contributed by atoms with E-state index < -0.39 is 0 Å². The van der Waals surface area contributed by atoms with E-state index >= 15 is 0 Å². The van der Waals surface area contributed by atoms with E-state index in [2.05, 4.69) is 26.3 Å². The molecule has 21 heavy (non-hydrogen) atoms. The molecule has 0 aliphatic carbocycles. The van der Waals surface area contributed by atoms with E-state index in [0.717, 1.165) is 39.1 Å². The van der Waals surface area contributed by atoms with Gasteiger partial charge in [0, 0.05) is 18.8 Å². The van der Waals surface area contributed by atoms with E-state index in [9.17, 15) is 0 Å². The van der Waals surface area contributed by atoms with Crippen molar-refractivity contribution in [3.8, 4) is 5.75 Å². The zero-order chi connectivity index (χ0) is 14.7. The Labute approximate surface area is 127 Å². The molecule has 0 spiro atoms. The number of ether oxygens (including phenoxy) is 1. The van der Waals surface area contributed by atoms with Gasteiger partial charge in [-0.2, -0.15) is 0 Å². The predicted octanol–water partition coefficient (Wildman–Crippen LogP) is 2.84. The van der Waals surface area contributed by atoms with Gasteiger partial charge < -0.3 is 15.0 Å². The maximum Gasteiger partial charge on any atom is 0.172 e. The van der Waals surface area contributed by atoms with Gasteiger partial charge in [-0.15, -0.1) is 0 Å². The highest BCUT2D eigenvalue weighted by molar-refractivity contribution is 7.99. The zero-order valence-corrected chi connectivity index (χ0v) is 12.7. The molecule has 2 N–H and O–H groups in total. The molecule has 108 valence electrons. The molecule has 0 aliphatic rings. The molecular formula is C15H16N4OS. The number of methoxy groups -OCH3 is 1. The molecule has 0 saturated heterocycles. The van der Waals surface area contributed by atoms with Gasteiger partial charge in [-0.05, 0) is 42.6 Å². The first-order valence-corrected chi connectivity index (χ1v) is 7.41. The van der Waals surface area contributed by atoms with Crippen molar-refractivity contribution in [1.82, 2.24) is 20.3 Å². The van der Waals surface area contributed by atoms with E-state index in [1.54, 1.807) is 7.11 Å². The Bertz CT molecular complexity index is 739. The van der Waals surface area contributed by atoms with Crippen molar-refractivity contribution in [3.05, 3.63) is 42.1 Å². The molecule has 0 fully saturated rings. The number of pyridine rings is 1. The highest BCUT2D eigenvalue weighted by atomic mass is 32.2. The van der Waals surface area contributed by atoms with Crippen LogP contribution in [0.15, 0.2) is 46.7 Å². The number of aromatic amines is 1. The first-order valence-electron chi connectivity index (χ1n) is 6.59. The fourth-order valence-corrected chi connectivity index (χ4v) is 2.76. The van der Waals surface area contributed by atoms with E-state index in [4.69, 9.17) is 4.74 Å². The van der Waals surface area contributed by atoms with Gasteiger partial charge in [0.1, 0.15) is 10.8 Å². The molecule has 2 heterocycles. The van der Waals surface area contributed by atoms with Crippen LogP contribution in [0.25, 0.3) is 11.0 Å². The van der Waals surface area contributed by atoms with Crippen LogP contribution in [0, 0.1) is 0 Å². The number of nitrogens with one attached hydrogen (secondary N) is 2. The first-order chi connectivity index (χ1) is 10.3. The smallest absolute Gasteiger partial charge is 0.172 e. The summed E-state index contributed by atoms with van der Waals surface area (Å²) in [5, 5.41) is 4.85. The second-order valence-corrected chi connectivity index (χ2v) is 5.57. The third kappa shape index (κ3) is 3.17. The van der Waals surface area contributed by atoms with Crippen LogP contribution in [0.1, 0.15) is 5.56 Å². The molecule has 3 rings (SSSR count). The molecule has 2 aromatic heterocycles. The minimum absolute atomic E-state index is 0.817. The van der Waals surface area contributed by atoms with Crippen molar-refractivity contribution in [2.45, 2.75) is 16.7 Å². The van der Waals surface area contributed by atoms with Crippen LogP contribution >= 0.6 is 11.8 Å². The van der Waals surface area contributed by atoms with Gasteiger partial charge in [0.15, 0.2) is 5.16 Å². The third-order valence-corrected chi connectivity index (χ3v) is 3.88. The molecule has 0 aliphatic heterocycles. The number of rotatable bonds is 5. The number of aromatic nitrogens is 3. The standard InChI is InChI=1S/C15H16N4OS/c1-16-8-10-3-6-14(17-9-10)21-15-18-12-5-4-11(20-2)7-13(12)19-15/h3-7,9,16H,8H2,1-2H3,(H,18,19). The van der Waals surface area contributed by atoms with Crippen LogP contribution in [0.3, 0.4) is 0 Å². The van der Waals surface area contributed by atoms with Crippen molar-refractivity contribution in [2.24, 2.45) is 0 Å². The highest BCUT2D eigenvalue weighted by Crippen LogP contribution is 2.27. The lowest BCUT2D eigenvalue weighted by molar-refractivity contribution is 0.415. The average molecular weight is 300 g/mol. The summed E-state index contributed by atoms with van der Waals surface area (Å²) in [6.45, 7) is 0.822. The van der Waals surface area contributed by atoms with Gasteiger partial charge in [0.05, 0.1) is 18.1 Å². The van der Waals surface area contributed by atoms with Crippen molar-refractivity contribution < 1.29 is 4.74 Å². The summed E-state index contributed by atoms with van der Waals surface area (Å²) in [4.78, 5) is 12.3. The average Bonchev–Trinajstić information content (AvgIpc) is 2.90. The Morgan fingerprint density at radius 1 is 1.29 bits per heavy atom. The lowest BCUT2D eigenvalue weighted by Crippen LogP contribution is -2.05. The zero-order valence-electron chi connectivity index (χ0n) is 11.9. The molecule has 0 unspecified atom stereocenters. The summed E-state index contributed by atoms with van der Waals surface area (Å²) in [6, 6.07) is 9.86. The van der Waals surface area contributed by atoms with Gasteiger partial charge in [-0.3, -0.25) is 0 Å². The quantitative estimate of drug-likeness (QED) is 0.758. The summed E-state index contributed by atoms with van der Waals surface area (Å²) in [5.41, 5.74) is 3.05. The Morgan fingerprint density at radius 2 is 2.19 bits per heavy atom. The van der Waals surface area contributed by atoms with Crippen LogP contribution in [0.2, 0.25) is 0 Å². The van der Waals surface area contributed by atoms with Crippen LogP contribution in [-0.2, 0) is 6.54 Å². The summed E-state index contributed by atoms with van der Waals surface area (Å²) in [5.74, 6) is 0.817. The van der Waals surface area contributed by atoms with Crippen LogP contribution in [0.4, 0.5) is 0 Å². The molecule has 0 radical (unpaired) electrons. The number of H-pyrrole nitrogens is 1. The fraction of sp³-hybridized carbons (Fsp3) is 0.200. The lowest BCUT2D eigenvalue weighted by atomic mass is 10.3. The van der Waals surface area contributed by atoms with Crippen molar-refractivity contribution in [1.29, 1.82) is 0 Å². The Balaban J connectivity index is 1.80. The van der Waals surface area contributed by atoms with E-state index in [0.29, 0.717) is 0 Å². The van der Waals surface area contributed by atoms with Gasteiger partial charge in [0.2, 0.25) is 0 Å². The monoisotopic (exact) mass is 300 g/mol. The molecule has 3 aromatic rings. The molecule has 0 amide bonds. The first kappa shape index (κ1) is 13.9. The number of hydrogen-bond donors (Lipinski definition) is 2. The Morgan fingerprint density at radius 3 is 2.90 bits per heavy atom. The number of imidazole rings is 1. The molecule has 0 saturated carbocycles. The molecule has 5 nitrogen and oxygen atoms in total. The third-order valence-electron chi connectivity index (χ3n) is 3.05. The van der Waals surface area contributed by atoms with Gasteiger partial charge in [0.25, 0.3) is 0 Å². The maximum absolute atomic E-state index is 5.21. The van der Waals surface area contributed by atoms with Crippen LogP contribution < -0.4 is 10.1 Å². The second-order valence-electron chi connectivity index (χ2n) is 4.56. The summed E-state index contributed by atoms with van der Waals surface area (Å²) in [7, 11) is 3.58. The Kier molecular flexibility index (Phi) is 4.08. The van der Waals surface area contributed by atoms with E-state index in [-0.39, 0.29) is 0 Å². The molecule has 6 heteroatoms. The predicted molar refractivity (Wildman–Crippen MR) is 83.8 cm³/mol. The van der Waals surface area contributed by atoms with E-state index in [1.165, 1.54) is 11.8 Å². The molecule has 1 aromatic carbocycles. The van der Waals surface area contributed by atoms with Crippen molar-refractivity contribution in [2.75, 3.05) is 14.2 Å². The normalized spacial score (nSPS) is 11.0. The lowest BCUT2D eigenvalue weighted by Gasteiger charge is -2.00. The topological polar surface area (TPSA) is 62.8 Å². The fourth-order valence-electron chi connectivity index (χ4n) is 2.02. The minimum Gasteiger partial charge on any atom is -0.497 e. The molecular weight excluding hydrogens is 284 g/mol. The van der Waals surface area contributed by atoms with Crippen molar-refractivity contribution >= 4 is 22.8 Å². The Hall–Kier alpha value is -2.05. The maximum atomic E-state index is 5.21. The van der Waals surface area contributed by atoms with Gasteiger partial charge in [-0.25, -0.2) is 9.97 Å². The summed E-state index contributed by atoms with van der Waals surface area (Å²) < 4.78 is 5.21. The summed E-state index contributed by atoms with van der Waals surface area (Å²) in [6.07, 6.45) is 1.88. The second kappa shape index (κ2) is 6.15.